The molecule has 1 saturated heterocycles. The third-order valence-electron chi connectivity index (χ3n) is 4.94. The third-order valence-corrected chi connectivity index (χ3v) is 6.24. The van der Waals surface area contributed by atoms with Crippen molar-refractivity contribution in [1.82, 2.24) is 0 Å². The van der Waals surface area contributed by atoms with Gasteiger partial charge in [0.05, 0.1) is 17.7 Å². The van der Waals surface area contributed by atoms with Crippen LogP contribution in [0.15, 0.2) is 77.7 Å². The van der Waals surface area contributed by atoms with Gasteiger partial charge in [-0.05, 0) is 55.5 Å². The summed E-state index contributed by atoms with van der Waals surface area (Å²) in [6.45, 7) is 2.78. The van der Waals surface area contributed by atoms with E-state index in [-0.39, 0.29) is 5.91 Å². The van der Waals surface area contributed by atoms with Crippen molar-refractivity contribution in [2.75, 3.05) is 25.2 Å². The fourth-order valence-corrected chi connectivity index (χ4v) is 4.54. The topological polar surface area (TPSA) is 48.0 Å². The lowest BCUT2D eigenvalue weighted by Crippen LogP contribution is -2.27. The number of rotatable bonds is 8. The molecule has 33 heavy (non-hydrogen) atoms. The molecule has 3 aromatic carbocycles. The monoisotopic (exact) mass is 477 g/mol. The molecule has 1 aliphatic heterocycles. The largest absolute Gasteiger partial charge is 0.497 e. The molecule has 4 rings (SSSR count). The highest BCUT2D eigenvalue weighted by Gasteiger charge is 2.33. The van der Waals surface area contributed by atoms with E-state index in [1.54, 1.807) is 18.1 Å². The van der Waals surface area contributed by atoms with Crippen LogP contribution in [-0.2, 0) is 4.79 Å². The Bertz CT molecular complexity index is 1180. The first-order chi connectivity index (χ1) is 16.0. The van der Waals surface area contributed by atoms with E-state index >= 15 is 0 Å². The van der Waals surface area contributed by atoms with E-state index in [0.717, 1.165) is 17.0 Å². The number of hydrogen-bond donors (Lipinski definition) is 0. The minimum atomic E-state index is -0.160. The van der Waals surface area contributed by atoms with E-state index < -0.39 is 0 Å². The van der Waals surface area contributed by atoms with Crippen LogP contribution in [0.4, 0.5) is 5.69 Å². The van der Waals surface area contributed by atoms with E-state index in [0.29, 0.717) is 33.9 Å². The van der Waals surface area contributed by atoms with Gasteiger partial charge in [0.2, 0.25) is 0 Å². The number of ether oxygens (including phenoxy) is 3. The molecule has 0 bridgehead atoms. The molecule has 0 radical (unpaired) electrons. The van der Waals surface area contributed by atoms with Crippen LogP contribution in [0.1, 0.15) is 11.1 Å². The molecule has 1 fully saturated rings. The van der Waals surface area contributed by atoms with Crippen molar-refractivity contribution in [1.29, 1.82) is 0 Å². The first-order valence-electron chi connectivity index (χ1n) is 10.4. The Morgan fingerprint density at radius 3 is 2.36 bits per heavy atom. The maximum absolute atomic E-state index is 13.1. The Labute approximate surface area is 203 Å². The van der Waals surface area contributed by atoms with Gasteiger partial charge in [-0.3, -0.25) is 9.69 Å². The smallest absolute Gasteiger partial charge is 0.270 e. The Morgan fingerprint density at radius 1 is 0.939 bits per heavy atom. The second kappa shape index (κ2) is 10.6. The molecule has 1 amide bonds. The van der Waals surface area contributed by atoms with Crippen LogP contribution < -0.4 is 19.1 Å². The van der Waals surface area contributed by atoms with Crippen LogP contribution in [0.25, 0.3) is 6.08 Å². The van der Waals surface area contributed by atoms with Gasteiger partial charge in [-0.1, -0.05) is 59.9 Å². The number of methoxy groups -OCH3 is 1. The average Bonchev–Trinajstić information content (AvgIpc) is 3.11. The van der Waals surface area contributed by atoms with Crippen molar-refractivity contribution in [2.24, 2.45) is 0 Å². The van der Waals surface area contributed by atoms with Crippen LogP contribution >= 0.6 is 24.0 Å². The minimum absolute atomic E-state index is 0.160. The summed E-state index contributed by atoms with van der Waals surface area (Å²) in [5.74, 6) is 1.94. The predicted molar refractivity (Wildman–Crippen MR) is 137 cm³/mol. The zero-order chi connectivity index (χ0) is 23.2. The van der Waals surface area contributed by atoms with Crippen molar-refractivity contribution in [3.63, 3.8) is 0 Å². The van der Waals surface area contributed by atoms with Crippen LogP contribution in [0.2, 0.25) is 0 Å². The number of thioether (sulfide) groups is 1. The second-order valence-electron chi connectivity index (χ2n) is 7.27. The number of hydrogen-bond acceptors (Lipinski definition) is 6. The molecule has 0 saturated carbocycles. The quantitative estimate of drug-likeness (QED) is 0.230. The molecule has 0 aromatic heterocycles. The summed E-state index contributed by atoms with van der Waals surface area (Å²) in [4.78, 5) is 15.2. The van der Waals surface area contributed by atoms with Gasteiger partial charge in [0, 0.05) is 5.56 Å². The molecule has 7 heteroatoms. The van der Waals surface area contributed by atoms with Crippen molar-refractivity contribution < 1.29 is 19.0 Å². The number of thiocarbonyl (C=S) groups is 1. The van der Waals surface area contributed by atoms with Gasteiger partial charge < -0.3 is 14.2 Å². The molecule has 0 N–H and O–H groups in total. The molecular weight excluding hydrogens is 454 g/mol. The molecule has 1 heterocycles. The highest BCUT2D eigenvalue weighted by Crippen LogP contribution is 2.37. The molecular formula is C26H23NO4S2. The van der Waals surface area contributed by atoms with Gasteiger partial charge in [0.15, 0.2) is 4.32 Å². The third kappa shape index (κ3) is 5.56. The maximum atomic E-state index is 13.1. The minimum Gasteiger partial charge on any atom is -0.497 e. The first kappa shape index (κ1) is 22.9. The molecule has 0 atom stereocenters. The van der Waals surface area contributed by atoms with Crippen molar-refractivity contribution in [2.45, 2.75) is 6.92 Å². The highest BCUT2D eigenvalue weighted by atomic mass is 32.2. The summed E-state index contributed by atoms with van der Waals surface area (Å²) in [5.41, 5.74) is 2.66. The number of aryl methyl sites for hydroxylation is 1. The van der Waals surface area contributed by atoms with Gasteiger partial charge in [-0.25, -0.2) is 0 Å². The highest BCUT2D eigenvalue weighted by molar-refractivity contribution is 8.27. The molecule has 3 aromatic rings. The first-order valence-corrected chi connectivity index (χ1v) is 11.6. The lowest BCUT2D eigenvalue weighted by atomic mass is 10.1. The van der Waals surface area contributed by atoms with E-state index in [2.05, 4.69) is 0 Å². The Kier molecular flexibility index (Phi) is 7.32. The lowest BCUT2D eigenvalue weighted by molar-refractivity contribution is -0.113. The van der Waals surface area contributed by atoms with Crippen LogP contribution in [0.5, 0.6) is 17.2 Å². The van der Waals surface area contributed by atoms with Gasteiger partial charge in [0.1, 0.15) is 30.5 Å². The summed E-state index contributed by atoms with van der Waals surface area (Å²) in [6.07, 6.45) is 1.79. The summed E-state index contributed by atoms with van der Waals surface area (Å²) in [7, 11) is 1.60. The number of carbonyl (C=O) groups is 1. The number of nitrogens with zero attached hydrogens (tertiary/aromatic N) is 1. The second-order valence-corrected chi connectivity index (χ2v) is 8.94. The van der Waals surface area contributed by atoms with Gasteiger partial charge in [0.25, 0.3) is 5.91 Å². The number of para-hydroxylation sites is 1. The molecule has 0 spiro atoms. The van der Waals surface area contributed by atoms with Crippen molar-refractivity contribution >= 4 is 46.0 Å². The lowest BCUT2D eigenvalue weighted by Gasteiger charge is -2.14. The summed E-state index contributed by atoms with van der Waals surface area (Å²) in [5, 5.41) is 0. The predicted octanol–water partition coefficient (Wildman–Crippen LogP) is 5.87. The van der Waals surface area contributed by atoms with E-state index in [1.165, 1.54) is 17.3 Å². The van der Waals surface area contributed by atoms with Crippen LogP contribution in [0.3, 0.4) is 0 Å². The van der Waals surface area contributed by atoms with E-state index in [4.69, 9.17) is 26.4 Å². The fraction of sp³-hybridized carbons (Fsp3) is 0.154. The molecule has 168 valence electrons. The van der Waals surface area contributed by atoms with E-state index in [1.807, 2.05) is 79.7 Å². The Balaban J connectivity index is 1.49. The molecule has 0 aliphatic carbocycles. The van der Waals surface area contributed by atoms with Gasteiger partial charge in [-0.2, -0.15) is 0 Å². The normalized spacial score (nSPS) is 14.6. The zero-order valence-corrected chi connectivity index (χ0v) is 19.9. The number of benzene rings is 3. The Morgan fingerprint density at radius 2 is 1.64 bits per heavy atom. The number of anilines is 1. The van der Waals surface area contributed by atoms with Gasteiger partial charge in [-0.15, -0.1) is 0 Å². The zero-order valence-electron chi connectivity index (χ0n) is 18.3. The standard InChI is InChI=1S/C26H23NO4S2/c1-18-8-10-21(11-9-18)30-14-15-31-23-13-12-22(29-2)16-19(23)17-24-25(28)27(26(32)33-24)20-6-4-3-5-7-20/h3-13,16-17H,14-15H2,1-2H3. The maximum Gasteiger partial charge on any atom is 0.270 e. The van der Waals surface area contributed by atoms with Gasteiger partial charge >= 0.3 is 0 Å². The summed E-state index contributed by atoms with van der Waals surface area (Å²) < 4.78 is 17.6. The van der Waals surface area contributed by atoms with Crippen LogP contribution in [-0.4, -0.2) is 30.6 Å². The SMILES string of the molecule is COc1ccc(OCCOc2ccc(C)cc2)c(C=C2SC(=S)N(c3ccccc3)C2=O)c1. The fourth-order valence-electron chi connectivity index (χ4n) is 3.25. The summed E-state index contributed by atoms with van der Waals surface area (Å²) >= 11 is 6.74. The van der Waals surface area contributed by atoms with E-state index in [9.17, 15) is 4.79 Å². The Hall–Kier alpha value is -3.29. The summed E-state index contributed by atoms with van der Waals surface area (Å²) in [6, 6.07) is 22.7. The molecule has 1 aliphatic rings. The molecule has 5 nitrogen and oxygen atoms in total. The average molecular weight is 478 g/mol. The van der Waals surface area contributed by atoms with Crippen molar-refractivity contribution in [3.05, 3.63) is 88.8 Å². The number of carbonyl (C=O) groups excluding carboxylic acids is 1. The molecule has 0 unspecified atom stereocenters. The van der Waals surface area contributed by atoms with Crippen LogP contribution in [0, 0.1) is 6.92 Å². The van der Waals surface area contributed by atoms with Crippen molar-refractivity contribution in [3.8, 4) is 17.2 Å². The number of amides is 1.